The second-order valence-electron chi connectivity index (χ2n) is 3.69. The lowest BCUT2D eigenvalue weighted by Gasteiger charge is -2.09. The molecule has 78 valence electrons. The van der Waals surface area contributed by atoms with Gasteiger partial charge in [-0.2, -0.15) is 12.6 Å². The smallest absolute Gasteiger partial charge is 0.197 e. The number of rotatable bonds is 2. The molecule has 0 bridgehead atoms. The zero-order valence-corrected chi connectivity index (χ0v) is 8.93. The summed E-state index contributed by atoms with van der Waals surface area (Å²) >= 11 is 4.10. The van der Waals surface area contributed by atoms with Crippen molar-refractivity contribution in [1.82, 2.24) is 4.57 Å². The van der Waals surface area contributed by atoms with Crippen LogP contribution >= 0.6 is 12.6 Å². The molecule has 0 aliphatic heterocycles. The highest BCUT2D eigenvalue weighted by atomic mass is 32.1. The summed E-state index contributed by atoms with van der Waals surface area (Å²) in [5, 5.41) is 19.7. The van der Waals surface area contributed by atoms with E-state index in [1.807, 2.05) is 0 Å². The molecular formula is C10H15NO2S. The van der Waals surface area contributed by atoms with Crippen LogP contribution < -0.4 is 0 Å². The molecule has 0 unspecified atom stereocenters. The molecule has 1 heterocycles. The van der Waals surface area contributed by atoms with Crippen LogP contribution in [0.25, 0.3) is 0 Å². The Morgan fingerprint density at radius 2 is 1.57 bits per heavy atom. The van der Waals surface area contributed by atoms with Gasteiger partial charge in [-0.15, -0.1) is 0 Å². The van der Waals surface area contributed by atoms with Crippen molar-refractivity contribution in [3.05, 3.63) is 11.1 Å². The molecule has 2 rings (SSSR count). The van der Waals surface area contributed by atoms with Crippen LogP contribution in [0.4, 0.5) is 0 Å². The van der Waals surface area contributed by atoms with Crippen molar-refractivity contribution in [1.29, 1.82) is 0 Å². The van der Waals surface area contributed by atoms with Crippen molar-refractivity contribution in [2.75, 3.05) is 5.75 Å². The first-order chi connectivity index (χ1) is 6.75. The van der Waals surface area contributed by atoms with Gasteiger partial charge < -0.3 is 10.2 Å². The van der Waals surface area contributed by atoms with Gasteiger partial charge in [0.2, 0.25) is 0 Å². The molecule has 1 aliphatic rings. The fourth-order valence-corrected chi connectivity index (χ4v) is 2.34. The summed E-state index contributed by atoms with van der Waals surface area (Å²) in [6.45, 7) is 0.563. The van der Waals surface area contributed by atoms with Gasteiger partial charge in [0.05, 0.1) is 0 Å². The molecule has 0 amide bonds. The maximum absolute atomic E-state index is 9.86. The fourth-order valence-electron chi connectivity index (χ4n) is 2.14. The Kier molecular flexibility index (Phi) is 2.63. The van der Waals surface area contributed by atoms with E-state index in [2.05, 4.69) is 12.6 Å². The third-order valence-corrected chi connectivity index (χ3v) is 3.04. The molecule has 0 atom stereocenters. The fraction of sp³-hybridized carbons (Fsp3) is 0.600. The molecule has 3 nitrogen and oxygen atoms in total. The van der Waals surface area contributed by atoms with Gasteiger partial charge in [-0.05, 0) is 25.7 Å². The SMILES string of the molecule is Oc1c2c(c(O)n1CCS)CCCC2. The minimum Gasteiger partial charge on any atom is -0.494 e. The minimum atomic E-state index is 0.242. The van der Waals surface area contributed by atoms with Gasteiger partial charge in [0, 0.05) is 23.4 Å². The zero-order valence-electron chi connectivity index (χ0n) is 8.03. The van der Waals surface area contributed by atoms with Crippen LogP contribution in [0.1, 0.15) is 24.0 Å². The summed E-state index contributed by atoms with van der Waals surface area (Å²) < 4.78 is 1.56. The standard InChI is InChI=1S/C10H15NO2S/c12-9-7-3-1-2-4-8(7)10(13)11(9)5-6-14/h12-14H,1-6H2. The number of nitrogens with zero attached hydrogens (tertiary/aromatic N) is 1. The van der Waals surface area contributed by atoms with Crippen molar-refractivity contribution in [2.45, 2.75) is 32.2 Å². The molecule has 14 heavy (non-hydrogen) atoms. The number of hydrogen-bond acceptors (Lipinski definition) is 3. The van der Waals surface area contributed by atoms with Crippen LogP contribution in [0.3, 0.4) is 0 Å². The van der Waals surface area contributed by atoms with Crippen LogP contribution in [-0.2, 0) is 19.4 Å². The van der Waals surface area contributed by atoms with E-state index >= 15 is 0 Å². The van der Waals surface area contributed by atoms with E-state index in [-0.39, 0.29) is 11.8 Å². The molecule has 2 N–H and O–H groups in total. The Bertz CT molecular complexity index is 317. The second kappa shape index (κ2) is 3.77. The lowest BCUT2D eigenvalue weighted by atomic mass is 9.95. The second-order valence-corrected chi connectivity index (χ2v) is 4.13. The van der Waals surface area contributed by atoms with E-state index in [9.17, 15) is 10.2 Å². The zero-order chi connectivity index (χ0) is 10.1. The van der Waals surface area contributed by atoms with Crippen LogP contribution in [0, 0.1) is 0 Å². The molecule has 1 aliphatic carbocycles. The van der Waals surface area contributed by atoms with E-state index < -0.39 is 0 Å². The summed E-state index contributed by atoms with van der Waals surface area (Å²) in [6, 6.07) is 0. The average Bonchev–Trinajstić information content (AvgIpc) is 2.45. The highest BCUT2D eigenvalue weighted by Crippen LogP contribution is 2.38. The first-order valence-electron chi connectivity index (χ1n) is 4.98. The van der Waals surface area contributed by atoms with E-state index in [0.29, 0.717) is 12.3 Å². The molecule has 0 fully saturated rings. The van der Waals surface area contributed by atoms with Crippen LogP contribution in [0.5, 0.6) is 11.8 Å². The summed E-state index contributed by atoms with van der Waals surface area (Å²) in [5.74, 6) is 1.10. The Morgan fingerprint density at radius 1 is 1.07 bits per heavy atom. The van der Waals surface area contributed by atoms with E-state index in [1.165, 1.54) is 0 Å². The largest absolute Gasteiger partial charge is 0.494 e. The first kappa shape index (κ1) is 9.77. The topological polar surface area (TPSA) is 45.4 Å². The predicted octanol–water partition coefficient (Wildman–Crippen LogP) is 1.71. The van der Waals surface area contributed by atoms with Crippen molar-refractivity contribution in [2.24, 2.45) is 0 Å². The summed E-state index contributed by atoms with van der Waals surface area (Å²) in [5.41, 5.74) is 1.88. The lowest BCUT2D eigenvalue weighted by molar-refractivity contribution is 0.372. The maximum atomic E-state index is 9.86. The van der Waals surface area contributed by atoms with Crippen LogP contribution in [0.2, 0.25) is 0 Å². The highest BCUT2D eigenvalue weighted by molar-refractivity contribution is 7.80. The molecule has 4 heteroatoms. The number of thiol groups is 1. The summed E-state index contributed by atoms with van der Waals surface area (Å²) in [7, 11) is 0. The summed E-state index contributed by atoms with van der Waals surface area (Å²) in [4.78, 5) is 0. The molecule has 1 aromatic rings. The van der Waals surface area contributed by atoms with Gasteiger partial charge in [0.25, 0.3) is 0 Å². The van der Waals surface area contributed by atoms with Gasteiger partial charge in [0.15, 0.2) is 11.8 Å². The Balaban J connectivity index is 2.46. The Morgan fingerprint density at radius 3 is 2.00 bits per heavy atom. The summed E-state index contributed by atoms with van der Waals surface area (Å²) in [6.07, 6.45) is 3.97. The third-order valence-electron chi connectivity index (χ3n) is 2.84. The molecule has 0 aromatic carbocycles. The van der Waals surface area contributed by atoms with E-state index in [1.54, 1.807) is 4.57 Å². The van der Waals surface area contributed by atoms with Gasteiger partial charge in [0.1, 0.15) is 0 Å². The van der Waals surface area contributed by atoms with Gasteiger partial charge in [-0.25, -0.2) is 0 Å². The van der Waals surface area contributed by atoms with Crippen molar-refractivity contribution in [3.63, 3.8) is 0 Å². The number of fused-ring (bicyclic) bond motifs is 1. The number of aromatic hydroxyl groups is 2. The molecular weight excluding hydrogens is 198 g/mol. The number of aromatic nitrogens is 1. The van der Waals surface area contributed by atoms with Crippen LogP contribution in [0.15, 0.2) is 0 Å². The molecule has 0 radical (unpaired) electrons. The third kappa shape index (κ3) is 1.38. The molecule has 0 saturated carbocycles. The van der Waals surface area contributed by atoms with Gasteiger partial charge >= 0.3 is 0 Å². The first-order valence-corrected chi connectivity index (χ1v) is 5.62. The minimum absolute atomic E-state index is 0.242. The van der Waals surface area contributed by atoms with Gasteiger partial charge in [-0.1, -0.05) is 0 Å². The highest BCUT2D eigenvalue weighted by Gasteiger charge is 2.23. The monoisotopic (exact) mass is 213 g/mol. The van der Waals surface area contributed by atoms with Crippen molar-refractivity contribution < 1.29 is 10.2 Å². The van der Waals surface area contributed by atoms with Gasteiger partial charge in [-0.3, -0.25) is 4.57 Å². The predicted molar refractivity (Wildman–Crippen MR) is 58.3 cm³/mol. The van der Waals surface area contributed by atoms with Crippen molar-refractivity contribution in [3.8, 4) is 11.8 Å². The Labute approximate surface area is 88.8 Å². The number of hydrogen-bond donors (Lipinski definition) is 3. The lowest BCUT2D eigenvalue weighted by Crippen LogP contribution is -1.98. The molecule has 0 saturated heterocycles. The normalized spacial score (nSPS) is 15.5. The average molecular weight is 213 g/mol. The molecule has 1 aromatic heterocycles. The maximum Gasteiger partial charge on any atom is 0.197 e. The van der Waals surface area contributed by atoms with E-state index in [0.717, 1.165) is 36.8 Å². The Hall–Kier alpha value is -0.770. The molecule has 0 spiro atoms. The quantitative estimate of drug-likeness (QED) is 0.655. The van der Waals surface area contributed by atoms with Crippen LogP contribution in [-0.4, -0.2) is 20.5 Å². The van der Waals surface area contributed by atoms with Crippen molar-refractivity contribution >= 4 is 12.6 Å². The van der Waals surface area contributed by atoms with E-state index in [4.69, 9.17) is 0 Å².